The van der Waals surface area contributed by atoms with Crippen molar-refractivity contribution in [1.82, 2.24) is 25.1 Å². The average molecular weight is 426 g/mol. The van der Waals surface area contributed by atoms with E-state index in [0.29, 0.717) is 28.6 Å². The van der Waals surface area contributed by atoms with Crippen LogP contribution in [0, 0.1) is 6.92 Å². The summed E-state index contributed by atoms with van der Waals surface area (Å²) in [6.07, 6.45) is 2.90. The maximum Gasteiger partial charge on any atom is 0.274 e. The third-order valence-electron chi connectivity index (χ3n) is 5.46. The smallest absolute Gasteiger partial charge is 0.274 e. The summed E-state index contributed by atoms with van der Waals surface area (Å²) in [6.45, 7) is 4.73. The minimum absolute atomic E-state index is 0.00559. The molecule has 0 bridgehead atoms. The molecule has 1 aliphatic rings. The maximum absolute atomic E-state index is 13.0. The first-order valence-corrected chi connectivity index (χ1v) is 10.5. The molecule has 0 saturated carbocycles. The van der Waals surface area contributed by atoms with Crippen LogP contribution in [0.3, 0.4) is 0 Å². The van der Waals surface area contributed by atoms with E-state index in [1.807, 2.05) is 19.1 Å². The number of benzene rings is 1. The highest BCUT2D eigenvalue weighted by Gasteiger charge is 2.32. The molecule has 0 saturated heterocycles. The number of aromatic nitrogens is 4. The molecule has 0 spiro atoms. The zero-order valence-electron chi connectivity index (χ0n) is 17.0. The third-order valence-corrected chi connectivity index (χ3v) is 5.71. The van der Waals surface area contributed by atoms with Crippen molar-refractivity contribution in [2.75, 3.05) is 6.54 Å². The summed E-state index contributed by atoms with van der Waals surface area (Å²) in [4.78, 5) is 35.4. The summed E-state index contributed by atoms with van der Waals surface area (Å²) in [5.41, 5.74) is 3.14. The number of unbranched alkanes of at least 4 members (excludes halogenated alkanes) is 1. The molecule has 3 aromatic rings. The predicted octanol–water partition coefficient (Wildman–Crippen LogP) is 4.05. The van der Waals surface area contributed by atoms with Gasteiger partial charge in [0.1, 0.15) is 11.5 Å². The van der Waals surface area contributed by atoms with Crippen LogP contribution in [-0.2, 0) is 6.54 Å². The van der Waals surface area contributed by atoms with Crippen molar-refractivity contribution in [1.29, 1.82) is 0 Å². The number of H-pyrrole nitrogens is 2. The van der Waals surface area contributed by atoms with Crippen LogP contribution in [0.1, 0.15) is 59.5 Å². The van der Waals surface area contributed by atoms with Gasteiger partial charge in [0.25, 0.3) is 11.5 Å². The van der Waals surface area contributed by atoms with Crippen LogP contribution in [0.4, 0.5) is 0 Å². The van der Waals surface area contributed by atoms with Gasteiger partial charge >= 0.3 is 0 Å². The molecular formula is C22H24ClN5O2. The fraction of sp³-hybridized carbons (Fsp3) is 0.364. The second-order valence-electron chi connectivity index (χ2n) is 7.75. The van der Waals surface area contributed by atoms with E-state index in [1.165, 1.54) is 0 Å². The first-order chi connectivity index (χ1) is 14.5. The Labute approximate surface area is 179 Å². The second-order valence-corrected chi connectivity index (χ2v) is 8.18. The van der Waals surface area contributed by atoms with Crippen LogP contribution < -0.4 is 5.56 Å². The third kappa shape index (κ3) is 4.03. The molecule has 7 nitrogen and oxygen atoms in total. The van der Waals surface area contributed by atoms with Crippen molar-refractivity contribution < 1.29 is 4.79 Å². The van der Waals surface area contributed by atoms with Gasteiger partial charge < -0.3 is 9.88 Å². The van der Waals surface area contributed by atoms with E-state index in [-0.39, 0.29) is 23.9 Å². The molecule has 4 rings (SSSR count). The molecule has 1 aliphatic heterocycles. The van der Waals surface area contributed by atoms with Crippen LogP contribution in [0.5, 0.6) is 0 Å². The number of aromatic amines is 2. The van der Waals surface area contributed by atoms with Gasteiger partial charge in [0.2, 0.25) is 0 Å². The monoisotopic (exact) mass is 425 g/mol. The van der Waals surface area contributed by atoms with Crippen LogP contribution in [0.15, 0.2) is 35.1 Å². The van der Waals surface area contributed by atoms with E-state index in [1.54, 1.807) is 23.1 Å². The highest BCUT2D eigenvalue weighted by atomic mass is 35.5. The van der Waals surface area contributed by atoms with Crippen LogP contribution in [0.2, 0.25) is 5.02 Å². The number of nitrogens with one attached hydrogen (secondary N) is 2. The minimum Gasteiger partial charge on any atom is -0.332 e. The van der Waals surface area contributed by atoms with Gasteiger partial charge in [0, 0.05) is 28.7 Å². The number of halogens is 1. The quantitative estimate of drug-likeness (QED) is 0.644. The number of nitrogens with zero attached hydrogens (tertiary/aromatic N) is 3. The van der Waals surface area contributed by atoms with Crippen molar-refractivity contribution in [3.05, 3.63) is 68.4 Å². The lowest BCUT2D eigenvalue weighted by molar-refractivity contribution is 0.0705. The Morgan fingerprint density at radius 3 is 2.73 bits per heavy atom. The summed E-state index contributed by atoms with van der Waals surface area (Å²) in [7, 11) is 0. The largest absolute Gasteiger partial charge is 0.332 e. The van der Waals surface area contributed by atoms with Gasteiger partial charge in [0.15, 0.2) is 0 Å². The Morgan fingerprint density at radius 1 is 1.30 bits per heavy atom. The molecule has 0 aliphatic carbocycles. The van der Waals surface area contributed by atoms with Crippen molar-refractivity contribution in [2.45, 2.75) is 45.6 Å². The van der Waals surface area contributed by atoms with Crippen molar-refractivity contribution in [2.24, 2.45) is 0 Å². The standard InChI is InChI=1S/C22H24ClN5O2/c1-3-4-5-15-11-28(22(30)18-10-13(2)26-27-18)12-17-19(15)24-20(25-21(17)29)14-6-8-16(23)9-7-14/h6-10,15H,3-5,11-12H2,1-2H3,(H,26,27)(H,24,25,29). The van der Waals surface area contributed by atoms with E-state index in [2.05, 4.69) is 22.1 Å². The molecule has 156 valence electrons. The van der Waals surface area contributed by atoms with E-state index < -0.39 is 0 Å². The second kappa shape index (κ2) is 8.44. The predicted molar refractivity (Wildman–Crippen MR) is 116 cm³/mol. The first kappa shape index (κ1) is 20.3. The summed E-state index contributed by atoms with van der Waals surface area (Å²) in [5, 5.41) is 7.52. The van der Waals surface area contributed by atoms with Gasteiger partial charge in [0.05, 0.1) is 17.8 Å². The topological polar surface area (TPSA) is 94.7 Å². The molecule has 1 atom stereocenters. The molecule has 8 heteroatoms. The SMILES string of the molecule is CCCCC1CN(C(=O)c2cc(C)[nH]n2)Cc2c1nc(-c1ccc(Cl)cc1)[nH]c2=O. The van der Waals surface area contributed by atoms with E-state index in [4.69, 9.17) is 16.6 Å². The van der Waals surface area contributed by atoms with Crippen molar-refractivity contribution in [3.8, 4) is 11.4 Å². The molecule has 2 N–H and O–H groups in total. The number of aryl methyl sites for hydroxylation is 1. The van der Waals surface area contributed by atoms with E-state index in [9.17, 15) is 9.59 Å². The molecule has 1 aromatic carbocycles. The number of hydrogen-bond donors (Lipinski definition) is 2. The molecule has 2 aromatic heterocycles. The highest BCUT2D eigenvalue weighted by molar-refractivity contribution is 6.30. The fourth-order valence-electron chi connectivity index (χ4n) is 3.88. The van der Waals surface area contributed by atoms with Gasteiger partial charge in [-0.1, -0.05) is 31.4 Å². The molecule has 0 fully saturated rings. The lowest BCUT2D eigenvalue weighted by atomic mass is 9.90. The van der Waals surface area contributed by atoms with Crippen molar-refractivity contribution >= 4 is 17.5 Å². The molecule has 1 unspecified atom stereocenters. The van der Waals surface area contributed by atoms with Gasteiger partial charge in [-0.2, -0.15) is 5.10 Å². The van der Waals surface area contributed by atoms with E-state index in [0.717, 1.165) is 36.2 Å². The average Bonchev–Trinajstić information content (AvgIpc) is 3.18. The maximum atomic E-state index is 13.0. The Bertz CT molecular complexity index is 1120. The molecule has 0 radical (unpaired) electrons. The number of hydrogen-bond acceptors (Lipinski definition) is 4. The normalized spacial score (nSPS) is 15.8. The van der Waals surface area contributed by atoms with Gasteiger partial charge in [-0.15, -0.1) is 0 Å². The summed E-state index contributed by atoms with van der Waals surface area (Å²) in [5.74, 6) is 0.360. The van der Waals surface area contributed by atoms with Crippen LogP contribution in [-0.4, -0.2) is 37.5 Å². The summed E-state index contributed by atoms with van der Waals surface area (Å²) in [6, 6.07) is 8.96. The first-order valence-electron chi connectivity index (χ1n) is 10.2. The number of fused-ring (bicyclic) bond motifs is 1. The lowest BCUT2D eigenvalue weighted by Crippen LogP contribution is -2.42. The zero-order chi connectivity index (χ0) is 21.3. The number of amides is 1. The number of rotatable bonds is 5. The fourth-order valence-corrected chi connectivity index (χ4v) is 4.01. The Morgan fingerprint density at radius 2 is 2.07 bits per heavy atom. The highest BCUT2D eigenvalue weighted by Crippen LogP contribution is 2.31. The Kier molecular flexibility index (Phi) is 5.72. The Hall–Kier alpha value is -2.93. The van der Waals surface area contributed by atoms with Crippen molar-refractivity contribution in [3.63, 3.8) is 0 Å². The molecular weight excluding hydrogens is 402 g/mol. The number of carbonyl (C=O) groups is 1. The Balaban J connectivity index is 1.72. The molecule has 3 heterocycles. The minimum atomic E-state index is -0.206. The molecule has 1 amide bonds. The van der Waals surface area contributed by atoms with Gasteiger partial charge in [-0.05, 0) is 43.7 Å². The van der Waals surface area contributed by atoms with E-state index >= 15 is 0 Å². The summed E-state index contributed by atoms with van der Waals surface area (Å²) >= 11 is 5.99. The molecule has 30 heavy (non-hydrogen) atoms. The number of carbonyl (C=O) groups excluding carboxylic acids is 1. The summed E-state index contributed by atoms with van der Waals surface area (Å²) < 4.78 is 0. The van der Waals surface area contributed by atoms with Crippen LogP contribution >= 0.6 is 11.6 Å². The van der Waals surface area contributed by atoms with Gasteiger partial charge in [-0.3, -0.25) is 14.7 Å². The zero-order valence-corrected chi connectivity index (χ0v) is 17.8. The lowest BCUT2D eigenvalue weighted by Gasteiger charge is -2.33. The van der Waals surface area contributed by atoms with Crippen LogP contribution in [0.25, 0.3) is 11.4 Å². The van der Waals surface area contributed by atoms with Gasteiger partial charge in [-0.25, -0.2) is 4.98 Å².